The normalized spacial score (nSPS) is 15.0. The van der Waals surface area contributed by atoms with E-state index in [4.69, 9.17) is 10.4 Å². The summed E-state index contributed by atoms with van der Waals surface area (Å²) in [4.78, 5) is 16.4. The SMILES string of the molecule is N#Cc1ccc(O)cc1.O=C1CCC/C(=C\C[C@@H](Cc2cccc3cccnc23)c2ccc(F)cc2)C1. The van der Waals surface area contributed by atoms with Gasteiger partial charge in [-0.15, -0.1) is 0 Å². The zero-order valence-electron chi connectivity index (χ0n) is 20.6. The molecule has 0 bridgehead atoms. The zero-order valence-corrected chi connectivity index (χ0v) is 20.6. The molecule has 0 saturated heterocycles. The predicted octanol–water partition coefficient (Wildman–Crippen LogP) is 7.42. The number of benzene rings is 3. The third-order valence-corrected chi connectivity index (χ3v) is 6.59. The molecule has 186 valence electrons. The van der Waals surface area contributed by atoms with E-state index in [0.29, 0.717) is 24.2 Å². The Balaban J connectivity index is 0.000000301. The summed E-state index contributed by atoms with van der Waals surface area (Å²) in [6.45, 7) is 0. The van der Waals surface area contributed by atoms with E-state index in [1.165, 1.54) is 35.4 Å². The van der Waals surface area contributed by atoms with Crippen molar-refractivity contribution >= 4 is 16.7 Å². The number of nitriles is 1. The molecule has 1 heterocycles. The molecule has 37 heavy (non-hydrogen) atoms. The van der Waals surface area contributed by atoms with Gasteiger partial charge < -0.3 is 5.11 Å². The first-order valence-electron chi connectivity index (χ1n) is 12.5. The van der Waals surface area contributed by atoms with E-state index in [2.05, 4.69) is 35.3 Å². The minimum atomic E-state index is -0.217. The van der Waals surface area contributed by atoms with Gasteiger partial charge in [0.2, 0.25) is 0 Å². The minimum absolute atomic E-state index is 0.189. The highest BCUT2D eigenvalue weighted by atomic mass is 19.1. The van der Waals surface area contributed by atoms with Gasteiger partial charge in [0.05, 0.1) is 17.1 Å². The van der Waals surface area contributed by atoms with Gasteiger partial charge in [0.25, 0.3) is 0 Å². The summed E-state index contributed by atoms with van der Waals surface area (Å²) in [5.74, 6) is 0.534. The molecule has 1 N–H and O–H groups in total. The standard InChI is InChI=1S/C25H24FNO.C7H5NO/c26-23-13-11-19(12-14-23)21(10-9-18-4-1-8-24(28)16-18)17-22-6-2-5-20-7-3-15-27-25(20)22;8-5-6-1-3-7(9)4-2-6/h2-3,5-7,9,11-15,21H,1,4,8,10,16-17H2;1-4,9H/b18-9+;/t21-;/m0./s1. The Bertz CT molecular complexity index is 1410. The molecule has 0 spiro atoms. The maximum atomic E-state index is 13.4. The fraction of sp³-hybridized carbons (Fsp3) is 0.219. The summed E-state index contributed by atoms with van der Waals surface area (Å²) >= 11 is 0. The first-order chi connectivity index (χ1) is 18.0. The number of aromatic hydroxyl groups is 1. The van der Waals surface area contributed by atoms with Gasteiger partial charge in [-0.25, -0.2) is 4.39 Å². The Hall–Kier alpha value is -4.30. The smallest absolute Gasteiger partial charge is 0.136 e. The second-order valence-electron chi connectivity index (χ2n) is 9.27. The van der Waals surface area contributed by atoms with E-state index in [0.717, 1.165) is 42.1 Å². The van der Waals surface area contributed by atoms with Crippen LogP contribution in [0.15, 0.2) is 96.7 Å². The summed E-state index contributed by atoms with van der Waals surface area (Å²) in [6, 6.07) is 25.2. The molecular weight excluding hydrogens is 463 g/mol. The molecule has 1 saturated carbocycles. The number of allylic oxidation sites excluding steroid dienone is 2. The number of carbonyl (C=O) groups excluding carboxylic acids is 1. The fourth-order valence-electron chi connectivity index (χ4n) is 4.63. The van der Waals surface area contributed by atoms with Crippen LogP contribution in [0.25, 0.3) is 10.9 Å². The lowest BCUT2D eigenvalue weighted by atomic mass is 9.86. The van der Waals surface area contributed by atoms with Crippen molar-refractivity contribution in [1.82, 2.24) is 4.98 Å². The number of para-hydroxylation sites is 1. The van der Waals surface area contributed by atoms with Crippen LogP contribution in [0, 0.1) is 17.1 Å². The van der Waals surface area contributed by atoms with E-state index in [1.54, 1.807) is 12.1 Å². The lowest BCUT2D eigenvalue weighted by Gasteiger charge is -2.19. The van der Waals surface area contributed by atoms with E-state index < -0.39 is 0 Å². The zero-order chi connectivity index (χ0) is 26.0. The molecule has 3 aromatic carbocycles. The average Bonchev–Trinajstić information content (AvgIpc) is 2.92. The number of hydrogen-bond acceptors (Lipinski definition) is 4. The number of fused-ring (bicyclic) bond motifs is 1. The fourth-order valence-corrected chi connectivity index (χ4v) is 4.63. The number of phenols is 1. The first kappa shape index (κ1) is 25.8. The van der Waals surface area contributed by atoms with Crippen LogP contribution < -0.4 is 0 Å². The van der Waals surface area contributed by atoms with Gasteiger partial charge in [-0.1, -0.05) is 48.0 Å². The van der Waals surface area contributed by atoms with Crippen molar-refractivity contribution in [3.05, 3.63) is 119 Å². The summed E-state index contributed by atoms with van der Waals surface area (Å²) in [5.41, 5.74) is 5.16. The Morgan fingerprint density at radius 2 is 1.76 bits per heavy atom. The average molecular weight is 493 g/mol. The monoisotopic (exact) mass is 492 g/mol. The molecule has 1 aliphatic rings. The molecule has 0 unspecified atom stereocenters. The molecule has 1 atom stereocenters. The van der Waals surface area contributed by atoms with Gasteiger partial charge in [-0.3, -0.25) is 9.78 Å². The molecule has 1 aliphatic carbocycles. The highest BCUT2D eigenvalue weighted by Gasteiger charge is 2.17. The third kappa shape index (κ3) is 7.35. The second-order valence-corrected chi connectivity index (χ2v) is 9.27. The summed E-state index contributed by atoms with van der Waals surface area (Å²) in [6.07, 6.45) is 9.01. The summed E-state index contributed by atoms with van der Waals surface area (Å²) < 4.78 is 13.4. The molecule has 0 aliphatic heterocycles. The predicted molar refractivity (Wildman–Crippen MR) is 144 cm³/mol. The summed E-state index contributed by atoms with van der Waals surface area (Å²) in [5, 5.41) is 18.2. The maximum absolute atomic E-state index is 13.4. The van der Waals surface area contributed by atoms with Crippen molar-refractivity contribution in [2.75, 3.05) is 0 Å². The number of halogens is 1. The van der Waals surface area contributed by atoms with Crippen LogP contribution in [0.1, 0.15) is 54.7 Å². The van der Waals surface area contributed by atoms with Crippen LogP contribution in [0.3, 0.4) is 0 Å². The maximum Gasteiger partial charge on any atom is 0.136 e. The highest BCUT2D eigenvalue weighted by molar-refractivity contribution is 5.82. The Labute approximate surface area is 216 Å². The third-order valence-electron chi connectivity index (χ3n) is 6.59. The number of nitrogens with zero attached hydrogens (tertiary/aromatic N) is 2. The van der Waals surface area contributed by atoms with E-state index in [9.17, 15) is 9.18 Å². The summed E-state index contributed by atoms with van der Waals surface area (Å²) in [7, 11) is 0. The molecule has 1 aromatic heterocycles. The van der Waals surface area contributed by atoms with Gasteiger partial charge in [0.15, 0.2) is 0 Å². The van der Waals surface area contributed by atoms with Crippen LogP contribution in [0.2, 0.25) is 0 Å². The molecule has 4 nitrogen and oxygen atoms in total. The minimum Gasteiger partial charge on any atom is -0.508 e. The van der Waals surface area contributed by atoms with E-state index in [-0.39, 0.29) is 17.5 Å². The molecular formula is C32H29FN2O2. The number of rotatable bonds is 5. The van der Waals surface area contributed by atoms with Gasteiger partial charge in [-0.2, -0.15) is 5.26 Å². The number of Topliss-reactive ketones (excluding diaryl/α,β-unsaturated/α-hetero) is 1. The van der Waals surface area contributed by atoms with Crippen molar-refractivity contribution in [3.8, 4) is 11.8 Å². The van der Waals surface area contributed by atoms with Gasteiger partial charge in [0.1, 0.15) is 17.3 Å². The topological polar surface area (TPSA) is 74.0 Å². The molecule has 5 rings (SSSR count). The van der Waals surface area contributed by atoms with Crippen molar-refractivity contribution < 1.29 is 14.3 Å². The van der Waals surface area contributed by atoms with Crippen LogP contribution >= 0.6 is 0 Å². The van der Waals surface area contributed by atoms with Crippen molar-refractivity contribution in [1.29, 1.82) is 5.26 Å². The van der Waals surface area contributed by atoms with Crippen molar-refractivity contribution in [3.63, 3.8) is 0 Å². The second kappa shape index (κ2) is 12.6. The number of aromatic nitrogens is 1. The lowest BCUT2D eigenvalue weighted by Crippen LogP contribution is -2.08. The molecule has 0 radical (unpaired) electrons. The quantitative estimate of drug-likeness (QED) is 0.294. The number of hydrogen-bond donors (Lipinski definition) is 1. The largest absolute Gasteiger partial charge is 0.508 e. The van der Waals surface area contributed by atoms with Crippen LogP contribution in [-0.2, 0) is 11.2 Å². The number of ketones is 1. The van der Waals surface area contributed by atoms with Crippen LogP contribution in [0.4, 0.5) is 4.39 Å². The molecule has 0 amide bonds. The van der Waals surface area contributed by atoms with Crippen LogP contribution in [-0.4, -0.2) is 15.9 Å². The van der Waals surface area contributed by atoms with Crippen molar-refractivity contribution in [2.45, 2.75) is 44.4 Å². The molecule has 4 aromatic rings. The Morgan fingerprint density at radius 3 is 2.49 bits per heavy atom. The molecule has 5 heteroatoms. The van der Waals surface area contributed by atoms with Gasteiger partial charge in [0, 0.05) is 24.4 Å². The van der Waals surface area contributed by atoms with E-state index in [1.807, 2.05) is 30.5 Å². The lowest BCUT2D eigenvalue weighted by molar-refractivity contribution is -0.119. The van der Waals surface area contributed by atoms with E-state index >= 15 is 0 Å². The van der Waals surface area contributed by atoms with Gasteiger partial charge in [-0.05, 0) is 85.2 Å². The highest BCUT2D eigenvalue weighted by Crippen LogP contribution is 2.30. The number of pyridine rings is 1. The Morgan fingerprint density at radius 1 is 1.00 bits per heavy atom. The Kier molecular flexibility index (Phi) is 8.78. The number of phenolic OH excluding ortho intramolecular Hbond substituents is 1. The van der Waals surface area contributed by atoms with Crippen molar-refractivity contribution in [2.24, 2.45) is 0 Å². The van der Waals surface area contributed by atoms with Crippen LogP contribution in [0.5, 0.6) is 5.75 Å². The first-order valence-corrected chi connectivity index (χ1v) is 12.5. The molecule has 1 fully saturated rings. The van der Waals surface area contributed by atoms with Gasteiger partial charge >= 0.3 is 0 Å². The number of carbonyl (C=O) groups is 1.